The van der Waals surface area contributed by atoms with Gasteiger partial charge in [-0.3, -0.25) is 4.79 Å². The van der Waals surface area contributed by atoms with Gasteiger partial charge in [-0.25, -0.2) is 0 Å². The van der Waals surface area contributed by atoms with Crippen molar-refractivity contribution in [3.05, 3.63) is 24.3 Å². The number of ether oxygens (including phenoxy) is 1. The van der Waals surface area contributed by atoms with Gasteiger partial charge in [0.05, 0.1) is 18.6 Å². The molecular formula is C32H48O3. The number of rotatable bonds is 4. The van der Waals surface area contributed by atoms with Gasteiger partial charge >= 0.3 is 5.97 Å². The zero-order valence-electron chi connectivity index (χ0n) is 22.9. The first kappa shape index (κ1) is 24.3. The van der Waals surface area contributed by atoms with Crippen LogP contribution in [-0.2, 0) is 9.53 Å². The Hall–Kier alpha value is -1.09. The molecule has 194 valence electrons. The molecule has 3 nitrogen and oxygen atoms in total. The fourth-order valence-corrected chi connectivity index (χ4v) is 11.3. The first-order chi connectivity index (χ1) is 16.5. The van der Waals surface area contributed by atoms with Crippen molar-refractivity contribution >= 4 is 5.97 Å². The van der Waals surface area contributed by atoms with Crippen LogP contribution in [0.25, 0.3) is 0 Å². The molecule has 7 rings (SSSR count). The Labute approximate surface area is 213 Å². The number of hydrogen-bond donors (Lipinski definition) is 1. The van der Waals surface area contributed by atoms with E-state index in [4.69, 9.17) is 4.74 Å². The van der Waals surface area contributed by atoms with Crippen LogP contribution >= 0.6 is 0 Å². The fraction of sp³-hybridized carbons (Fsp3) is 0.844. The first-order valence-electron chi connectivity index (χ1n) is 14.7. The first-order valence-corrected chi connectivity index (χ1v) is 14.7. The molecule has 2 spiro atoms. The van der Waals surface area contributed by atoms with Crippen LogP contribution in [-0.4, -0.2) is 23.8 Å². The van der Waals surface area contributed by atoms with Gasteiger partial charge in [-0.05, 0) is 91.3 Å². The van der Waals surface area contributed by atoms with Crippen molar-refractivity contribution in [1.29, 1.82) is 0 Å². The van der Waals surface area contributed by atoms with E-state index < -0.39 is 0 Å². The summed E-state index contributed by atoms with van der Waals surface area (Å²) in [5.74, 6) is 4.08. The zero-order chi connectivity index (χ0) is 25.0. The van der Waals surface area contributed by atoms with Gasteiger partial charge in [-0.15, -0.1) is 0 Å². The second-order valence-electron chi connectivity index (χ2n) is 14.6. The van der Waals surface area contributed by atoms with Crippen molar-refractivity contribution < 1.29 is 14.6 Å². The highest BCUT2D eigenvalue weighted by atomic mass is 16.5. The molecular weight excluding hydrogens is 432 g/mol. The normalized spacial score (nSPS) is 53.8. The van der Waals surface area contributed by atoms with E-state index in [1.165, 1.54) is 25.7 Å². The summed E-state index contributed by atoms with van der Waals surface area (Å²) in [5.41, 5.74) is 0.253. The lowest BCUT2D eigenvalue weighted by Crippen LogP contribution is -2.72. The van der Waals surface area contributed by atoms with Crippen molar-refractivity contribution in [3.8, 4) is 0 Å². The van der Waals surface area contributed by atoms with E-state index in [0.29, 0.717) is 53.4 Å². The topological polar surface area (TPSA) is 46.5 Å². The molecule has 1 saturated heterocycles. The molecule has 1 heterocycles. The molecule has 4 saturated carbocycles. The molecule has 6 aliphatic carbocycles. The Balaban J connectivity index is 1.41. The Morgan fingerprint density at radius 3 is 2.51 bits per heavy atom. The number of aliphatic hydroxyl groups is 1. The molecule has 12 atom stereocenters. The van der Waals surface area contributed by atoms with E-state index in [1.54, 1.807) is 0 Å². The zero-order valence-corrected chi connectivity index (χ0v) is 22.9. The average Bonchev–Trinajstić information content (AvgIpc) is 3.39. The average molecular weight is 481 g/mol. The molecule has 1 N–H and O–H groups in total. The van der Waals surface area contributed by atoms with Crippen LogP contribution in [0.4, 0.5) is 0 Å². The van der Waals surface area contributed by atoms with Gasteiger partial charge in [0, 0.05) is 16.7 Å². The highest BCUT2D eigenvalue weighted by Gasteiger charge is 2.79. The van der Waals surface area contributed by atoms with Crippen LogP contribution in [0.3, 0.4) is 0 Å². The Kier molecular flexibility index (Phi) is 5.35. The maximum Gasteiger partial charge on any atom is 0.310 e. The van der Waals surface area contributed by atoms with E-state index in [-0.39, 0.29) is 34.2 Å². The minimum atomic E-state index is -0.294. The van der Waals surface area contributed by atoms with Gasteiger partial charge < -0.3 is 9.84 Å². The summed E-state index contributed by atoms with van der Waals surface area (Å²) in [6.45, 7) is 15.1. The van der Waals surface area contributed by atoms with Gasteiger partial charge in [0.15, 0.2) is 0 Å². The molecule has 0 radical (unpaired) electrons. The second-order valence-corrected chi connectivity index (χ2v) is 14.6. The predicted molar refractivity (Wildman–Crippen MR) is 139 cm³/mol. The minimum absolute atomic E-state index is 0.0262. The SMILES string of the molecule is CC(C)[C@@H](C)C=C[C@@H](C)[C@H]1CC[C@@H]2[C@]1(C)CC[C@H]1[C@]23C=C[C@]2(C[C@@H](O)CC[C@]12C)C1C(=O)OCC13. The van der Waals surface area contributed by atoms with Gasteiger partial charge in [-0.1, -0.05) is 65.8 Å². The fourth-order valence-electron chi connectivity index (χ4n) is 11.3. The lowest BCUT2D eigenvalue weighted by Gasteiger charge is -2.74. The van der Waals surface area contributed by atoms with E-state index in [1.807, 2.05) is 0 Å². The van der Waals surface area contributed by atoms with Gasteiger partial charge in [0.2, 0.25) is 0 Å². The van der Waals surface area contributed by atoms with E-state index in [2.05, 4.69) is 65.8 Å². The van der Waals surface area contributed by atoms with Crippen LogP contribution in [0.5, 0.6) is 0 Å². The molecule has 0 aromatic heterocycles. The Morgan fingerprint density at radius 1 is 1.00 bits per heavy atom. The van der Waals surface area contributed by atoms with Gasteiger partial charge in [0.25, 0.3) is 0 Å². The molecule has 1 aliphatic heterocycles. The number of allylic oxidation sites excluding steroid dienone is 4. The maximum atomic E-state index is 13.4. The van der Waals surface area contributed by atoms with Crippen LogP contribution in [0.1, 0.15) is 86.5 Å². The summed E-state index contributed by atoms with van der Waals surface area (Å²) in [5, 5.41) is 10.8. The van der Waals surface area contributed by atoms with Crippen molar-refractivity contribution in [2.45, 2.75) is 92.6 Å². The number of carbonyl (C=O) groups is 1. The van der Waals surface area contributed by atoms with Crippen LogP contribution in [0.15, 0.2) is 24.3 Å². The standard InChI is InChI=1S/C32H48O3/c1-19(2)20(3)7-8-21(4)23-9-10-25-29(23,5)13-12-26-30(6)14-11-22(33)17-31(30)15-16-32(25,26)24-18-35-28(34)27(24)31/h7-8,15-16,19-27,33H,9-14,17-18H2,1-6H3/t20-,21+,22-,23+,24?,25+,26+,27?,29+,30+,31-,32-/m0/s1. The minimum Gasteiger partial charge on any atom is -0.465 e. The molecule has 2 bridgehead atoms. The third-order valence-corrected chi connectivity index (χ3v) is 13.3. The number of fused-ring (bicyclic) bond motifs is 1. The quantitative estimate of drug-likeness (QED) is 0.355. The van der Waals surface area contributed by atoms with Crippen molar-refractivity contribution in [2.75, 3.05) is 6.61 Å². The Morgan fingerprint density at radius 2 is 1.77 bits per heavy atom. The highest BCUT2D eigenvalue weighted by Crippen LogP contribution is 2.82. The lowest BCUT2D eigenvalue weighted by molar-refractivity contribution is -0.242. The summed E-state index contributed by atoms with van der Waals surface area (Å²) in [6.07, 6.45) is 17.6. The maximum absolute atomic E-state index is 13.4. The molecule has 0 amide bonds. The summed E-state index contributed by atoms with van der Waals surface area (Å²) in [6, 6.07) is 0. The lowest BCUT2D eigenvalue weighted by atomic mass is 9.28. The number of esters is 1. The second kappa shape index (κ2) is 7.71. The van der Waals surface area contributed by atoms with Gasteiger partial charge in [-0.2, -0.15) is 0 Å². The molecule has 35 heavy (non-hydrogen) atoms. The van der Waals surface area contributed by atoms with E-state index >= 15 is 0 Å². The third kappa shape index (κ3) is 2.86. The molecule has 5 fully saturated rings. The molecule has 0 aromatic carbocycles. The number of hydrogen-bond acceptors (Lipinski definition) is 3. The highest BCUT2D eigenvalue weighted by molar-refractivity contribution is 5.78. The summed E-state index contributed by atoms with van der Waals surface area (Å²) in [4.78, 5) is 13.4. The summed E-state index contributed by atoms with van der Waals surface area (Å²) in [7, 11) is 0. The number of aliphatic hydroxyl groups excluding tert-OH is 1. The van der Waals surface area contributed by atoms with Crippen LogP contribution in [0, 0.1) is 69.0 Å². The smallest absolute Gasteiger partial charge is 0.310 e. The number of carbonyl (C=O) groups excluding carboxylic acids is 1. The van der Waals surface area contributed by atoms with Crippen LogP contribution in [0.2, 0.25) is 0 Å². The third-order valence-electron chi connectivity index (χ3n) is 13.3. The Bertz CT molecular complexity index is 950. The van der Waals surface area contributed by atoms with Crippen molar-refractivity contribution in [3.63, 3.8) is 0 Å². The van der Waals surface area contributed by atoms with Crippen molar-refractivity contribution in [2.24, 2.45) is 69.0 Å². The van der Waals surface area contributed by atoms with Crippen LogP contribution < -0.4 is 0 Å². The number of cyclic esters (lactones) is 1. The summed E-state index contributed by atoms with van der Waals surface area (Å²) < 4.78 is 5.92. The monoisotopic (exact) mass is 480 g/mol. The largest absolute Gasteiger partial charge is 0.465 e. The van der Waals surface area contributed by atoms with Crippen molar-refractivity contribution in [1.82, 2.24) is 0 Å². The summed E-state index contributed by atoms with van der Waals surface area (Å²) >= 11 is 0. The molecule has 7 aliphatic rings. The molecule has 3 heteroatoms. The molecule has 0 aromatic rings. The van der Waals surface area contributed by atoms with E-state index in [9.17, 15) is 9.90 Å². The van der Waals surface area contributed by atoms with E-state index in [0.717, 1.165) is 19.3 Å². The van der Waals surface area contributed by atoms with Gasteiger partial charge in [0.1, 0.15) is 0 Å². The molecule has 2 unspecified atom stereocenters. The predicted octanol–water partition coefficient (Wildman–Crippen LogP) is 6.81.